The first kappa shape index (κ1) is 9.12. The molecule has 0 saturated carbocycles. The number of hydrogen-bond donors (Lipinski definition) is 0. The summed E-state index contributed by atoms with van der Waals surface area (Å²) in [6.45, 7) is 0. The molecule has 0 spiro atoms. The van der Waals surface area contributed by atoms with Gasteiger partial charge in [-0.3, -0.25) is 0 Å². The van der Waals surface area contributed by atoms with Gasteiger partial charge in [-0.15, -0.1) is 0 Å². The number of hydrogen-bond acceptors (Lipinski definition) is 2. The Morgan fingerprint density at radius 1 is 1.62 bits per heavy atom. The number of methoxy groups -OCH3 is 1. The highest BCUT2D eigenvalue weighted by molar-refractivity contribution is 14.1. The molecule has 1 aromatic rings. The number of fused-ring (bicyclic) bond motifs is 1. The molecule has 1 aliphatic heterocycles. The van der Waals surface area contributed by atoms with E-state index in [2.05, 4.69) is 28.7 Å². The average Bonchev–Trinajstić information content (AvgIpc) is 2.58. The number of halogens is 1. The first-order valence-corrected chi connectivity index (χ1v) is 5.75. The predicted molar refractivity (Wildman–Crippen MR) is 60.0 cm³/mol. The van der Waals surface area contributed by atoms with Gasteiger partial charge in [0.2, 0.25) is 0 Å². The Kier molecular flexibility index (Phi) is 2.62. The molecule has 1 atom stereocenters. The summed E-state index contributed by atoms with van der Waals surface area (Å²) in [5.41, 5.74) is 1.26. The smallest absolute Gasteiger partial charge is 0.123 e. The van der Waals surface area contributed by atoms with Crippen molar-refractivity contribution < 1.29 is 9.47 Å². The van der Waals surface area contributed by atoms with E-state index in [4.69, 9.17) is 9.47 Å². The van der Waals surface area contributed by atoms with Gasteiger partial charge >= 0.3 is 0 Å². The van der Waals surface area contributed by atoms with Crippen molar-refractivity contribution >= 4 is 22.6 Å². The molecular formula is C10H11IO2. The van der Waals surface area contributed by atoms with Crippen LogP contribution in [0.1, 0.15) is 5.56 Å². The fourth-order valence-electron chi connectivity index (χ4n) is 1.51. The monoisotopic (exact) mass is 290 g/mol. The molecule has 0 fully saturated rings. The Bertz CT molecular complexity index is 312. The van der Waals surface area contributed by atoms with Crippen LogP contribution in [0.5, 0.6) is 11.5 Å². The number of alkyl halides is 1. The predicted octanol–water partition coefficient (Wildman–Crippen LogP) is 2.43. The lowest BCUT2D eigenvalue weighted by molar-refractivity contribution is 0.262. The van der Waals surface area contributed by atoms with Crippen LogP contribution in [0.4, 0.5) is 0 Å². The van der Waals surface area contributed by atoms with Crippen LogP contribution in [0, 0.1) is 0 Å². The molecule has 13 heavy (non-hydrogen) atoms. The zero-order chi connectivity index (χ0) is 9.26. The van der Waals surface area contributed by atoms with Gasteiger partial charge in [-0.25, -0.2) is 0 Å². The minimum atomic E-state index is 0.350. The van der Waals surface area contributed by atoms with Crippen LogP contribution in [-0.2, 0) is 6.42 Å². The Morgan fingerprint density at radius 3 is 3.15 bits per heavy atom. The van der Waals surface area contributed by atoms with E-state index in [-0.39, 0.29) is 0 Å². The van der Waals surface area contributed by atoms with Gasteiger partial charge in [0.1, 0.15) is 17.6 Å². The summed E-state index contributed by atoms with van der Waals surface area (Å²) in [7, 11) is 1.69. The van der Waals surface area contributed by atoms with Crippen LogP contribution in [0.2, 0.25) is 0 Å². The number of ether oxygens (including phenoxy) is 2. The average molecular weight is 290 g/mol. The van der Waals surface area contributed by atoms with Gasteiger partial charge in [0.05, 0.1) is 7.11 Å². The summed E-state index contributed by atoms with van der Waals surface area (Å²) in [6.07, 6.45) is 1.36. The standard InChI is InChI=1S/C10H11IO2/c1-12-8-2-3-10-7(4-8)5-9(6-11)13-10/h2-4,9H,5-6H2,1H3. The Morgan fingerprint density at radius 2 is 2.46 bits per heavy atom. The van der Waals surface area contributed by atoms with Gasteiger partial charge in [-0.05, 0) is 18.2 Å². The van der Waals surface area contributed by atoms with Gasteiger partial charge in [0, 0.05) is 16.4 Å². The van der Waals surface area contributed by atoms with Crippen molar-refractivity contribution in [1.82, 2.24) is 0 Å². The van der Waals surface area contributed by atoms with Gasteiger partial charge in [0.25, 0.3) is 0 Å². The van der Waals surface area contributed by atoms with E-state index in [1.54, 1.807) is 7.11 Å². The van der Waals surface area contributed by atoms with E-state index in [1.807, 2.05) is 12.1 Å². The van der Waals surface area contributed by atoms with Crippen LogP contribution in [0.3, 0.4) is 0 Å². The highest BCUT2D eigenvalue weighted by Gasteiger charge is 2.21. The van der Waals surface area contributed by atoms with Crippen LogP contribution < -0.4 is 9.47 Å². The van der Waals surface area contributed by atoms with Crippen LogP contribution in [0.25, 0.3) is 0 Å². The number of benzene rings is 1. The third-order valence-corrected chi connectivity index (χ3v) is 3.16. The van der Waals surface area contributed by atoms with Crippen LogP contribution in [-0.4, -0.2) is 17.6 Å². The highest BCUT2D eigenvalue weighted by Crippen LogP contribution is 2.32. The van der Waals surface area contributed by atoms with E-state index in [0.29, 0.717) is 6.10 Å². The fraction of sp³-hybridized carbons (Fsp3) is 0.400. The van der Waals surface area contributed by atoms with Crippen LogP contribution in [0.15, 0.2) is 18.2 Å². The lowest BCUT2D eigenvalue weighted by Crippen LogP contribution is -2.13. The second kappa shape index (κ2) is 3.74. The van der Waals surface area contributed by atoms with Crippen LogP contribution >= 0.6 is 22.6 Å². The molecule has 0 amide bonds. The van der Waals surface area contributed by atoms with E-state index in [1.165, 1.54) is 5.56 Å². The molecule has 0 saturated heterocycles. The molecule has 70 valence electrons. The molecule has 1 aliphatic rings. The van der Waals surface area contributed by atoms with Gasteiger partial charge < -0.3 is 9.47 Å². The summed E-state index contributed by atoms with van der Waals surface area (Å²) in [6, 6.07) is 5.98. The molecule has 0 radical (unpaired) electrons. The van der Waals surface area contributed by atoms with E-state index in [0.717, 1.165) is 22.3 Å². The normalized spacial score (nSPS) is 19.4. The summed E-state index contributed by atoms with van der Waals surface area (Å²) >= 11 is 2.35. The molecule has 1 aromatic carbocycles. The minimum Gasteiger partial charge on any atom is -0.497 e. The first-order chi connectivity index (χ1) is 6.33. The maximum Gasteiger partial charge on any atom is 0.123 e. The Balaban J connectivity index is 2.25. The summed E-state index contributed by atoms with van der Waals surface area (Å²) in [4.78, 5) is 0. The van der Waals surface area contributed by atoms with Crippen molar-refractivity contribution in [3.63, 3.8) is 0 Å². The lowest BCUT2D eigenvalue weighted by Gasteiger charge is -2.04. The highest BCUT2D eigenvalue weighted by atomic mass is 127. The molecule has 1 unspecified atom stereocenters. The maximum absolute atomic E-state index is 5.69. The fourth-order valence-corrected chi connectivity index (χ4v) is 2.00. The SMILES string of the molecule is COc1ccc2c(c1)CC(CI)O2. The topological polar surface area (TPSA) is 18.5 Å². The molecule has 3 heteroatoms. The molecule has 2 rings (SSSR count). The van der Waals surface area contributed by atoms with Gasteiger partial charge in [-0.2, -0.15) is 0 Å². The Labute approximate surface area is 91.4 Å². The first-order valence-electron chi connectivity index (χ1n) is 4.23. The zero-order valence-corrected chi connectivity index (χ0v) is 9.58. The molecule has 0 N–H and O–H groups in total. The second-order valence-electron chi connectivity index (χ2n) is 3.07. The zero-order valence-electron chi connectivity index (χ0n) is 7.42. The molecular weight excluding hydrogens is 279 g/mol. The second-order valence-corrected chi connectivity index (χ2v) is 3.95. The van der Waals surface area contributed by atoms with E-state index >= 15 is 0 Å². The summed E-state index contributed by atoms with van der Waals surface area (Å²) in [5, 5.41) is 0. The lowest BCUT2D eigenvalue weighted by atomic mass is 10.1. The van der Waals surface area contributed by atoms with Crippen molar-refractivity contribution in [2.45, 2.75) is 12.5 Å². The third-order valence-electron chi connectivity index (χ3n) is 2.18. The minimum absolute atomic E-state index is 0.350. The molecule has 0 aromatic heterocycles. The largest absolute Gasteiger partial charge is 0.497 e. The molecule has 0 aliphatic carbocycles. The van der Waals surface area contributed by atoms with Crippen molar-refractivity contribution in [1.29, 1.82) is 0 Å². The quantitative estimate of drug-likeness (QED) is 0.615. The van der Waals surface area contributed by atoms with E-state index in [9.17, 15) is 0 Å². The molecule has 2 nitrogen and oxygen atoms in total. The van der Waals surface area contributed by atoms with Crippen molar-refractivity contribution in [3.8, 4) is 11.5 Å². The van der Waals surface area contributed by atoms with Crippen molar-refractivity contribution in [2.24, 2.45) is 0 Å². The van der Waals surface area contributed by atoms with E-state index < -0.39 is 0 Å². The number of rotatable bonds is 2. The van der Waals surface area contributed by atoms with Gasteiger partial charge in [0.15, 0.2) is 0 Å². The summed E-state index contributed by atoms with van der Waals surface area (Å²) < 4.78 is 11.9. The summed E-state index contributed by atoms with van der Waals surface area (Å²) in [5.74, 6) is 1.93. The molecule has 0 bridgehead atoms. The van der Waals surface area contributed by atoms with Crippen molar-refractivity contribution in [2.75, 3.05) is 11.5 Å². The van der Waals surface area contributed by atoms with Gasteiger partial charge in [-0.1, -0.05) is 22.6 Å². The third kappa shape index (κ3) is 1.75. The molecule has 1 heterocycles. The maximum atomic E-state index is 5.69. The Hall–Kier alpha value is -0.450. The van der Waals surface area contributed by atoms with Crippen molar-refractivity contribution in [3.05, 3.63) is 23.8 Å².